The topological polar surface area (TPSA) is 81.2 Å². The highest BCUT2D eigenvalue weighted by molar-refractivity contribution is 5.76. The fourth-order valence-electron chi connectivity index (χ4n) is 3.73. The summed E-state index contributed by atoms with van der Waals surface area (Å²) < 4.78 is 7.23. The molecule has 1 aromatic carbocycles. The van der Waals surface area contributed by atoms with Gasteiger partial charge in [-0.2, -0.15) is 5.10 Å². The van der Waals surface area contributed by atoms with E-state index >= 15 is 0 Å². The van der Waals surface area contributed by atoms with Crippen LogP contribution in [0.1, 0.15) is 48.2 Å². The van der Waals surface area contributed by atoms with Crippen molar-refractivity contribution in [2.45, 2.75) is 45.2 Å². The Kier molecular flexibility index (Phi) is 5.55. The number of likely N-dealkylation sites (tertiary alicyclic amines) is 1. The molecule has 1 saturated heterocycles. The summed E-state index contributed by atoms with van der Waals surface area (Å²) in [6.07, 6.45) is 5.14. The number of oxazole rings is 1. The van der Waals surface area contributed by atoms with Gasteiger partial charge in [0, 0.05) is 19.0 Å². The monoisotopic (exact) mass is 392 g/mol. The second-order valence-corrected chi connectivity index (χ2v) is 7.40. The molecular formula is C22H24N4O3. The molecule has 29 heavy (non-hydrogen) atoms. The Labute approximate surface area is 169 Å². The van der Waals surface area contributed by atoms with Crippen LogP contribution in [0.2, 0.25) is 0 Å². The number of rotatable bonds is 5. The second kappa shape index (κ2) is 8.43. The highest BCUT2D eigenvalue weighted by atomic mass is 16.4. The summed E-state index contributed by atoms with van der Waals surface area (Å²) in [6, 6.07) is 12.9. The van der Waals surface area contributed by atoms with Crippen LogP contribution >= 0.6 is 0 Å². The Hall–Kier alpha value is -3.22. The van der Waals surface area contributed by atoms with Gasteiger partial charge in [0.1, 0.15) is 18.3 Å². The highest BCUT2D eigenvalue weighted by Crippen LogP contribution is 2.31. The van der Waals surface area contributed by atoms with Crippen LogP contribution in [0.15, 0.2) is 57.9 Å². The van der Waals surface area contributed by atoms with E-state index in [-0.39, 0.29) is 24.1 Å². The van der Waals surface area contributed by atoms with Crippen molar-refractivity contribution in [3.05, 3.63) is 81.9 Å². The van der Waals surface area contributed by atoms with Gasteiger partial charge < -0.3 is 9.32 Å². The molecule has 150 valence electrons. The predicted molar refractivity (Wildman–Crippen MR) is 107 cm³/mol. The molecule has 0 saturated carbocycles. The number of aromatic nitrogens is 3. The van der Waals surface area contributed by atoms with Crippen LogP contribution in [0.5, 0.6) is 0 Å². The van der Waals surface area contributed by atoms with Gasteiger partial charge in [-0.25, -0.2) is 9.67 Å². The second-order valence-electron chi connectivity index (χ2n) is 7.40. The maximum atomic E-state index is 13.0. The molecular weight excluding hydrogens is 368 g/mol. The first-order chi connectivity index (χ1) is 14.1. The molecule has 0 unspecified atom stereocenters. The molecule has 4 rings (SSSR count). The molecule has 0 radical (unpaired) electrons. The van der Waals surface area contributed by atoms with Crippen molar-refractivity contribution in [2.24, 2.45) is 0 Å². The van der Waals surface area contributed by atoms with Crippen LogP contribution in [-0.4, -0.2) is 32.1 Å². The minimum absolute atomic E-state index is 0.0748. The quantitative estimate of drug-likeness (QED) is 0.667. The summed E-state index contributed by atoms with van der Waals surface area (Å²) in [5.41, 5.74) is 1.57. The lowest BCUT2D eigenvalue weighted by atomic mass is 10.0. The number of hydrogen-bond donors (Lipinski definition) is 0. The van der Waals surface area contributed by atoms with Crippen molar-refractivity contribution < 1.29 is 9.21 Å². The molecule has 1 aliphatic heterocycles. The number of aryl methyl sites for hydroxylation is 1. The van der Waals surface area contributed by atoms with Crippen molar-refractivity contribution in [3.63, 3.8) is 0 Å². The van der Waals surface area contributed by atoms with Gasteiger partial charge >= 0.3 is 0 Å². The lowest BCUT2D eigenvalue weighted by Gasteiger charge is -2.33. The summed E-state index contributed by atoms with van der Waals surface area (Å²) in [6.45, 7) is 2.35. The number of amides is 1. The Bertz CT molecular complexity index is 1040. The van der Waals surface area contributed by atoms with Crippen molar-refractivity contribution in [1.82, 2.24) is 19.7 Å². The zero-order valence-corrected chi connectivity index (χ0v) is 16.5. The molecule has 3 heterocycles. The number of piperidine rings is 1. The van der Waals surface area contributed by atoms with E-state index in [2.05, 4.69) is 10.1 Å². The van der Waals surface area contributed by atoms with Gasteiger partial charge in [-0.3, -0.25) is 9.59 Å². The van der Waals surface area contributed by atoms with Gasteiger partial charge in [0.05, 0.1) is 11.9 Å². The van der Waals surface area contributed by atoms with E-state index in [1.807, 2.05) is 30.3 Å². The van der Waals surface area contributed by atoms with Crippen molar-refractivity contribution in [3.8, 4) is 0 Å². The maximum Gasteiger partial charge on any atom is 0.267 e. The van der Waals surface area contributed by atoms with Gasteiger partial charge in [0.2, 0.25) is 11.8 Å². The van der Waals surface area contributed by atoms with E-state index in [1.54, 1.807) is 24.1 Å². The average Bonchev–Trinajstić information content (AvgIpc) is 3.20. The number of benzene rings is 1. The lowest BCUT2D eigenvalue weighted by molar-refractivity contribution is -0.136. The minimum Gasteiger partial charge on any atom is -0.443 e. The normalized spacial score (nSPS) is 16.7. The van der Waals surface area contributed by atoms with Gasteiger partial charge in [-0.15, -0.1) is 0 Å². The third kappa shape index (κ3) is 4.45. The summed E-state index contributed by atoms with van der Waals surface area (Å²) in [7, 11) is 0. The third-order valence-corrected chi connectivity index (χ3v) is 5.19. The Morgan fingerprint density at radius 2 is 2.00 bits per heavy atom. The van der Waals surface area contributed by atoms with Crippen LogP contribution in [0.25, 0.3) is 0 Å². The molecule has 0 bridgehead atoms. The third-order valence-electron chi connectivity index (χ3n) is 5.19. The fourth-order valence-corrected chi connectivity index (χ4v) is 3.73. The average molecular weight is 392 g/mol. The largest absolute Gasteiger partial charge is 0.443 e. The maximum absolute atomic E-state index is 13.0. The van der Waals surface area contributed by atoms with Gasteiger partial charge in [0.25, 0.3) is 5.56 Å². The zero-order chi connectivity index (χ0) is 20.2. The van der Waals surface area contributed by atoms with E-state index in [0.29, 0.717) is 24.6 Å². The van der Waals surface area contributed by atoms with Crippen LogP contribution in [0, 0.1) is 6.92 Å². The van der Waals surface area contributed by atoms with Crippen molar-refractivity contribution in [1.29, 1.82) is 0 Å². The first kappa shape index (κ1) is 19.1. The van der Waals surface area contributed by atoms with Crippen molar-refractivity contribution in [2.75, 3.05) is 6.54 Å². The van der Waals surface area contributed by atoms with Gasteiger partial charge in [0.15, 0.2) is 0 Å². The molecule has 0 spiro atoms. The lowest BCUT2D eigenvalue weighted by Crippen LogP contribution is -2.42. The predicted octanol–water partition coefficient (Wildman–Crippen LogP) is 2.88. The van der Waals surface area contributed by atoms with Gasteiger partial charge in [-0.05, 0) is 37.8 Å². The van der Waals surface area contributed by atoms with E-state index in [1.165, 1.54) is 10.7 Å². The van der Waals surface area contributed by atoms with E-state index in [4.69, 9.17) is 4.42 Å². The van der Waals surface area contributed by atoms with E-state index in [0.717, 1.165) is 30.6 Å². The SMILES string of the molecule is Cc1ccc(=O)n(CC(=O)N2CCCC[C@@H]2c2ncc(Cc3ccccc3)o2)n1. The molecule has 3 aromatic rings. The summed E-state index contributed by atoms with van der Waals surface area (Å²) in [4.78, 5) is 31.2. The fraction of sp³-hybridized carbons (Fsp3) is 0.364. The van der Waals surface area contributed by atoms with E-state index in [9.17, 15) is 9.59 Å². The smallest absolute Gasteiger partial charge is 0.267 e. The summed E-state index contributed by atoms with van der Waals surface area (Å²) in [5.74, 6) is 1.20. The highest BCUT2D eigenvalue weighted by Gasteiger charge is 2.31. The van der Waals surface area contributed by atoms with Gasteiger partial charge in [-0.1, -0.05) is 30.3 Å². The molecule has 0 N–H and O–H groups in total. The van der Waals surface area contributed by atoms with Crippen LogP contribution in [0.4, 0.5) is 0 Å². The number of hydrogen-bond acceptors (Lipinski definition) is 5. The minimum atomic E-state index is -0.279. The summed E-state index contributed by atoms with van der Waals surface area (Å²) in [5, 5.41) is 4.17. The molecule has 7 heteroatoms. The van der Waals surface area contributed by atoms with Crippen LogP contribution in [0.3, 0.4) is 0 Å². The number of carbonyl (C=O) groups is 1. The zero-order valence-electron chi connectivity index (χ0n) is 16.5. The molecule has 7 nitrogen and oxygen atoms in total. The Morgan fingerprint density at radius 3 is 2.83 bits per heavy atom. The molecule has 1 aliphatic rings. The standard InChI is InChI=1S/C22H24N4O3/c1-16-10-11-20(27)26(24-16)15-21(28)25-12-6-5-9-19(25)22-23-14-18(29-22)13-17-7-3-2-4-8-17/h2-4,7-8,10-11,14,19H,5-6,9,12-13,15H2,1H3/t19-/m1/s1. The Morgan fingerprint density at radius 1 is 1.17 bits per heavy atom. The molecule has 1 fully saturated rings. The Balaban J connectivity index is 1.51. The van der Waals surface area contributed by atoms with Crippen LogP contribution < -0.4 is 5.56 Å². The number of carbonyl (C=O) groups excluding carboxylic acids is 1. The van der Waals surface area contributed by atoms with Crippen molar-refractivity contribution >= 4 is 5.91 Å². The number of nitrogens with zero attached hydrogens (tertiary/aromatic N) is 4. The first-order valence-corrected chi connectivity index (χ1v) is 9.93. The molecule has 2 aromatic heterocycles. The molecule has 0 aliphatic carbocycles. The molecule has 1 amide bonds. The van der Waals surface area contributed by atoms with Crippen LogP contribution in [-0.2, 0) is 17.8 Å². The molecule has 1 atom stereocenters. The summed E-state index contributed by atoms with van der Waals surface area (Å²) >= 11 is 0. The first-order valence-electron chi connectivity index (χ1n) is 9.93. The van der Waals surface area contributed by atoms with E-state index < -0.39 is 0 Å².